The van der Waals surface area contributed by atoms with Crippen molar-refractivity contribution in [2.45, 2.75) is 20.8 Å². The molecule has 1 aromatic rings. The molecule has 90 valence electrons. The van der Waals surface area contributed by atoms with E-state index in [-0.39, 0.29) is 11.8 Å². The quantitative estimate of drug-likeness (QED) is 0.599. The van der Waals surface area contributed by atoms with Gasteiger partial charge < -0.3 is 0 Å². The monoisotopic (exact) mass is 232 g/mol. The van der Waals surface area contributed by atoms with E-state index in [0.717, 1.165) is 11.1 Å². The van der Waals surface area contributed by atoms with Gasteiger partial charge in [-0.1, -0.05) is 23.8 Å². The molecule has 4 heteroatoms. The van der Waals surface area contributed by atoms with Crippen LogP contribution in [0.5, 0.6) is 0 Å². The number of amides is 2. The van der Waals surface area contributed by atoms with E-state index >= 15 is 0 Å². The van der Waals surface area contributed by atoms with Gasteiger partial charge in [0.25, 0.3) is 5.91 Å². The van der Waals surface area contributed by atoms with E-state index in [1.807, 2.05) is 32.0 Å². The summed E-state index contributed by atoms with van der Waals surface area (Å²) in [4.78, 5) is 21.9. The second-order valence-corrected chi connectivity index (χ2v) is 3.86. The highest BCUT2D eigenvalue weighted by molar-refractivity contribution is 5.93. The number of benzene rings is 1. The molecule has 4 nitrogen and oxygen atoms in total. The van der Waals surface area contributed by atoms with E-state index in [4.69, 9.17) is 0 Å². The molecule has 0 fully saturated rings. The first kappa shape index (κ1) is 13.0. The Hall–Kier alpha value is -2.10. The Kier molecular flexibility index (Phi) is 4.46. The summed E-state index contributed by atoms with van der Waals surface area (Å²) in [6, 6.07) is 5.98. The van der Waals surface area contributed by atoms with Gasteiger partial charge in [0, 0.05) is 13.0 Å². The highest BCUT2D eigenvalue weighted by atomic mass is 16.2. The van der Waals surface area contributed by atoms with Crippen LogP contribution < -0.4 is 10.9 Å². The third-order valence-corrected chi connectivity index (χ3v) is 2.20. The maximum atomic E-state index is 11.3. The lowest BCUT2D eigenvalue weighted by molar-refractivity contribution is -0.125. The van der Waals surface area contributed by atoms with Crippen LogP contribution in [0.15, 0.2) is 24.3 Å². The lowest BCUT2D eigenvalue weighted by atomic mass is 10.1. The second-order valence-electron chi connectivity index (χ2n) is 3.86. The average molecular weight is 232 g/mol. The van der Waals surface area contributed by atoms with Crippen LogP contribution in [-0.2, 0) is 9.59 Å². The third kappa shape index (κ3) is 4.51. The van der Waals surface area contributed by atoms with Gasteiger partial charge in [-0.25, -0.2) is 0 Å². The summed E-state index contributed by atoms with van der Waals surface area (Å²) in [6.45, 7) is 5.33. The third-order valence-electron chi connectivity index (χ3n) is 2.20. The molecule has 0 atom stereocenters. The van der Waals surface area contributed by atoms with Gasteiger partial charge in [-0.3, -0.25) is 20.4 Å². The maximum Gasteiger partial charge on any atom is 0.262 e. The lowest BCUT2D eigenvalue weighted by Gasteiger charge is -2.02. The molecule has 2 N–H and O–H groups in total. The first-order valence-electron chi connectivity index (χ1n) is 5.31. The zero-order valence-electron chi connectivity index (χ0n) is 10.2. The standard InChI is InChI=1S/C13H16N2O2/c1-9-4-5-12(10(2)8-9)6-7-13(17)15-14-11(3)16/h4-8H,1-3H3,(H,14,16)(H,15,17)/b7-6+. The number of carbonyl (C=O) groups is 2. The summed E-state index contributed by atoms with van der Waals surface area (Å²) in [5.41, 5.74) is 7.74. The van der Waals surface area contributed by atoms with Crippen LogP contribution in [0.2, 0.25) is 0 Å². The Labute approximate surface area is 101 Å². The molecule has 0 aliphatic heterocycles. The minimum absolute atomic E-state index is 0.307. The van der Waals surface area contributed by atoms with Crippen LogP contribution in [0.1, 0.15) is 23.6 Å². The van der Waals surface area contributed by atoms with Crippen molar-refractivity contribution < 1.29 is 9.59 Å². The Morgan fingerprint density at radius 3 is 2.47 bits per heavy atom. The molecule has 1 aromatic carbocycles. The van der Waals surface area contributed by atoms with E-state index < -0.39 is 0 Å². The van der Waals surface area contributed by atoms with Crippen molar-refractivity contribution in [3.05, 3.63) is 41.0 Å². The van der Waals surface area contributed by atoms with E-state index in [1.165, 1.54) is 18.6 Å². The highest BCUT2D eigenvalue weighted by Gasteiger charge is 1.97. The Morgan fingerprint density at radius 1 is 1.18 bits per heavy atom. The number of nitrogens with one attached hydrogen (secondary N) is 2. The minimum atomic E-state index is -0.361. The van der Waals surface area contributed by atoms with Crippen LogP contribution in [0.4, 0.5) is 0 Å². The topological polar surface area (TPSA) is 58.2 Å². The van der Waals surface area contributed by atoms with Crippen LogP contribution in [0.3, 0.4) is 0 Å². The van der Waals surface area contributed by atoms with Gasteiger partial charge in [-0.15, -0.1) is 0 Å². The second kappa shape index (κ2) is 5.84. The lowest BCUT2D eigenvalue weighted by Crippen LogP contribution is -2.39. The van der Waals surface area contributed by atoms with Crippen molar-refractivity contribution in [2.24, 2.45) is 0 Å². The predicted octanol–water partition coefficient (Wildman–Crippen LogP) is 1.48. The van der Waals surface area contributed by atoms with Gasteiger partial charge in [-0.2, -0.15) is 0 Å². The van der Waals surface area contributed by atoms with Crippen LogP contribution >= 0.6 is 0 Å². The molecular weight excluding hydrogens is 216 g/mol. The van der Waals surface area contributed by atoms with Crippen molar-refractivity contribution in [1.29, 1.82) is 0 Å². The van der Waals surface area contributed by atoms with Crippen LogP contribution in [0.25, 0.3) is 6.08 Å². The molecule has 17 heavy (non-hydrogen) atoms. The predicted molar refractivity (Wildman–Crippen MR) is 66.9 cm³/mol. The number of hydrazine groups is 1. The summed E-state index contributed by atoms with van der Waals surface area (Å²) in [5.74, 6) is -0.668. The number of aryl methyl sites for hydroxylation is 2. The smallest absolute Gasteiger partial charge is 0.262 e. The van der Waals surface area contributed by atoms with Gasteiger partial charge in [0.2, 0.25) is 5.91 Å². The van der Waals surface area contributed by atoms with Gasteiger partial charge in [0.15, 0.2) is 0 Å². The molecule has 0 aliphatic rings. The molecule has 0 heterocycles. The Balaban J connectivity index is 2.64. The molecule has 0 saturated carbocycles. The Morgan fingerprint density at radius 2 is 1.88 bits per heavy atom. The fourth-order valence-electron chi connectivity index (χ4n) is 1.37. The zero-order valence-corrected chi connectivity index (χ0v) is 10.2. The van der Waals surface area contributed by atoms with Crippen molar-refractivity contribution in [3.8, 4) is 0 Å². The maximum absolute atomic E-state index is 11.3. The summed E-state index contributed by atoms with van der Waals surface area (Å²) in [7, 11) is 0. The first-order chi connectivity index (χ1) is 7.99. The SMILES string of the molecule is CC(=O)NNC(=O)/C=C/c1ccc(C)cc1C. The molecule has 1 rings (SSSR count). The highest BCUT2D eigenvalue weighted by Crippen LogP contribution is 2.11. The van der Waals surface area contributed by atoms with Gasteiger partial charge in [-0.05, 0) is 31.1 Å². The minimum Gasteiger partial charge on any atom is -0.274 e. The summed E-state index contributed by atoms with van der Waals surface area (Å²) >= 11 is 0. The van der Waals surface area contributed by atoms with Gasteiger partial charge >= 0.3 is 0 Å². The fraction of sp³-hybridized carbons (Fsp3) is 0.231. The Bertz CT molecular complexity index is 464. The zero-order chi connectivity index (χ0) is 12.8. The number of rotatable bonds is 2. The molecule has 0 unspecified atom stereocenters. The summed E-state index contributed by atoms with van der Waals surface area (Å²) in [5, 5.41) is 0. The van der Waals surface area contributed by atoms with E-state index in [2.05, 4.69) is 10.9 Å². The van der Waals surface area contributed by atoms with E-state index in [9.17, 15) is 9.59 Å². The summed E-state index contributed by atoms with van der Waals surface area (Å²) in [6.07, 6.45) is 3.10. The average Bonchev–Trinajstić information content (AvgIpc) is 2.25. The van der Waals surface area contributed by atoms with Crippen LogP contribution in [-0.4, -0.2) is 11.8 Å². The van der Waals surface area contributed by atoms with Crippen molar-refractivity contribution in [1.82, 2.24) is 10.9 Å². The normalized spacial score (nSPS) is 10.3. The molecule has 2 amide bonds. The van der Waals surface area contributed by atoms with Gasteiger partial charge in [0.05, 0.1) is 0 Å². The first-order valence-corrected chi connectivity index (χ1v) is 5.31. The van der Waals surface area contributed by atoms with Gasteiger partial charge in [0.1, 0.15) is 0 Å². The van der Waals surface area contributed by atoms with Crippen LogP contribution in [0, 0.1) is 13.8 Å². The largest absolute Gasteiger partial charge is 0.274 e. The number of hydrogen-bond acceptors (Lipinski definition) is 2. The molecule has 0 saturated heterocycles. The van der Waals surface area contributed by atoms with Crippen molar-refractivity contribution in [3.63, 3.8) is 0 Å². The molecule has 0 aliphatic carbocycles. The molecule has 0 bridgehead atoms. The molecule has 0 radical (unpaired) electrons. The molecular formula is C13H16N2O2. The number of carbonyl (C=O) groups excluding carboxylic acids is 2. The molecule has 0 spiro atoms. The number of hydrogen-bond donors (Lipinski definition) is 2. The van der Waals surface area contributed by atoms with Crippen molar-refractivity contribution >= 4 is 17.9 Å². The van der Waals surface area contributed by atoms with Crippen molar-refractivity contribution in [2.75, 3.05) is 0 Å². The molecule has 0 aromatic heterocycles. The fourth-order valence-corrected chi connectivity index (χ4v) is 1.37. The van der Waals surface area contributed by atoms with E-state index in [1.54, 1.807) is 6.08 Å². The van der Waals surface area contributed by atoms with E-state index in [0.29, 0.717) is 0 Å². The summed E-state index contributed by atoms with van der Waals surface area (Å²) < 4.78 is 0.